The molecule has 0 aliphatic rings. The molecule has 4 aromatic rings. The van der Waals surface area contributed by atoms with Crippen molar-refractivity contribution in [2.24, 2.45) is 0 Å². The highest BCUT2D eigenvalue weighted by Gasteiger charge is 2.05. The molecule has 0 bridgehead atoms. The van der Waals surface area contributed by atoms with Crippen molar-refractivity contribution in [1.29, 1.82) is 0 Å². The summed E-state index contributed by atoms with van der Waals surface area (Å²) in [5.74, 6) is 0.135. The maximum absolute atomic E-state index is 10.7. The minimum Gasteiger partial charge on any atom is -0.508 e. The average Bonchev–Trinajstić information content (AvgIpc) is 3.24. The van der Waals surface area contributed by atoms with Crippen molar-refractivity contribution in [3.8, 4) is 11.5 Å². The number of rotatable bonds is 3. The number of fused-ring (bicyclic) bond motifs is 2. The molecule has 4 aromatic heterocycles. The number of carbonyl (C=O) groups is 3. The fourth-order valence-corrected chi connectivity index (χ4v) is 2.38. The van der Waals surface area contributed by atoms with Gasteiger partial charge in [-0.2, -0.15) is 10.2 Å². The SMILES string of the molecule is CC(=O)Oc1ccn2ncc(C=O)c2c1.O=Cc1cnn2ccc(O)cc12. The summed E-state index contributed by atoms with van der Waals surface area (Å²) in [6.07, 6.45) is 7.56. The lowest BCUT2D eigenvalue weighted by atomic mass is 10.3. The third-order valence-electron chi connectivity index (χ3n) is 3.57. The summed E-state index contributed by atoms with van der Waals surface area (Å²) in [7, 11) is 0. The molecule has 0 unspecified atom stereocenters. The topological polar surface area (TPSA) is 115 Å². The number of aromatic nitrogens is 4. The van der Waals surface area contributed by atoms with Gasteiger partial charge in [-0.15, -0.1) is 0 Å². The van der Waals surface area contributed by atoms with Crippen LogP contribution in [0.2, 0.25) is 0 Å². The summed E-state index contributed by atoms with van der Waals surface area (Å²) < 4.78 is 7.96. The minimum atomic E-state index is -0.397. The molecule has 27 heavy (non-hydrogen) atoms. The van der Waals surface area contributed by atoms with E-state index in [1.54, 1.807) is 24.5 Å². The summed E-state index contributed by atoms with van der Waals surface area (Å²) in [6.45, 7) is 1.32. The number of aromatic hydroxyl groups is 1. The van der Waals surface area contributed by atoms with Crippen LogP contribution in [0.5, 0.6) is 11.5 Å². The van der Waals surface area contributed by atoms with Gasteiger partial charge in [0.1, 0.15) is 11.5 Å². The van der Waals surface area contributed by atoms with Gasteiger partial charge in [0.25, 0.3) is 0 Å². The van der Waals surface area contributed by atoms with E-state index in [1.807, 2.05) is 0 Å². The van der Waals surface area contributed by atoms with Crippen LogP contribution < -0.4 is 4.74 Å². The second-order valence-electron chi connectivity index (χ2n) is 5.44. The van der Waals surface area contributed by atoms with Crippen LogP contribution in [-0.4, -0.2) is 42.9 Å². The van der Waals surface area contributed by atoms with Gasteiger partial charge in [-0.05, 0) is 12.1 Å². The van der Waals surface area contributed by atoms with Crippen LogP contribution in [0.25, 0.3) is 11.0 Å². The second kappa shape index (κ2) is 7.48. The molecule has 0 saturated carbocycles. The molecule has 0 amide bonds. The van der Waals surface area contributed by atoms with E-state index in [-0.39, 0.29) is 5.75 Å². The predicted molar refractivity (Wildman–Crippen MR) is 94.1 cm³/mol. The van der Waals surface area contributed by atoms with Gasteiger partial charge < -0.3 is 9.84 Å². The van der Waals surface area contributed by atoms with E-state index in [2.05, 4.69) is 10.2 Å². The first-order valence-electron chi connectivity index (χ1n) is 7.74. The summed E-state index contributed by atoms with van der Waals surface area (Å²) in [5, 5.41) is 17.0. The fraction of sp³-hybridized carbons (Fsp3) is 0.0556. The number of hydrogen-bond donors (Lipinski definition) is 1. The summed E-state index contributed by atoms with van der Waals surface area (Å²) >= 11 is 0. The van der Waals surface area contributed by atoms with Crippen molar-refractivity contribution in [2.75, 3.05) is 0 Å². The van der Waals surface area contributed by atoms with Gasteiger partial charge in [0, 0.05) is 31.5 Å². The Morgan fingerprint density at radius 2 is 1.56 bits per heavy atom. The van der Waals surface area contributed by atoms with Crippen LogP contribution >= 0.6 is 0 Å². The largest absolute Gasteiger partial charge is 0.508 e. The molecule has 0 spiro atoms. The molecule has 0 fully saturated rings. The maximum Gasteiger partial charge on any atom is 0.308 e. The van der Waals surface area contributed by atoms with Gasteiger partial charge in [-0.25, -0.2) is 9.03 Å². The first-order chi connectivity index (χ1) is 13.0. The quantitative estimate of drug-likeness (QED) is 0.435. The molecular formula is C18H14N4O5. The fourth-order valence-electron chi connectivity index (χ4n) is 2.38. The van der Waals surface area contributed by atoms with E-state index in [1.165, 1.54) is 40.5 Å². The first kappa shape index (κ1) is 17.8. The summed E-state index contributed by atoms with van der Waals surface area (Å²) in [5.41, 5.74) is 2.17. The molecule has 0 aromatic carbocycles. The molecule has 9 heteroatoms. The Hall–Kier alpha value is -4.01. The van der Waals surface area contributed by atoms with Crippen molar-refractivity contribution in [2.45, 2.75) is 6.92 Å². The highest BCUT2D eigenvalue weighted by atomic mass is 16.5. The standard InChI is InChI=1S/C10H8N2O3.C8H6N2O2/c1-7(14)15-9-2-3-12-10(4-9)8(6-13)5-11-12;11-5-6-4-9-10-2-1-7(12)3-8(6)10/h2-6H,1H3;1-5,12H. The molecule has 4 heterocycles. The lowest BCUT2D eigenvalue weighted by Gasteiger charge is -2.01. The lowest BCUT2D eigenvalue weighted by Crippen LogP contribution is -2.01. The minimum absolute atomic E-state index is 0.131. The zero-order valence-electron chi connectivity index (χ0n) is 14.1. The molecule has 136 valence electrons. The van der Waals surface area contributed by atoms with Gasteiger partial charge in [0.2, 0.25) is 0 Å². The van der Waals surface area contributed by atoms with E-state index in [4.69, 9.17) is 9.84 Å². The number of pyridine rings is 2. The van der Waals surface area contributed by atoms with Crippen LogP contribution in [0.1, 0.15) is 27.6 Å². The lowest BCUT2D eigenvalue weighted by molar-refractivity contribution is -0.131. The molecule has 0 saturated heterocycles. The Morgan fingerprint density at radius 3 is 2.11 bits per heavy atom. The van der Waals surface area contributed by atoms with Crippen molar-refractivity contribution in [3.05, 3.63) is 60.2 Å². The Labute approximate surface area is 152 Å². The maximum atomic E-state index is 10.7. The van der Waals surface area contributed by atoms with E-state index in [0.29, 0.717) is 40.5 Å². The van der Waals surface area contributed by atoms with Crippen LogP contribution in [-0.2, 0) is 4.79 Å². The van der Waals surface area contributed by atoms with Crippen LogP contribution in [0, 0.1) is 0 Å². The Kier molecular flexibility index (Phi) is 4.93. The van der Waals surface area contributed by atoms with Gasteiger partial charge in [0.05, 0.1) is 34.6 Å². The third kappa shape index (κ3) is 3.82. The monoisotopic (exact) mass is 366 g/mol. The second-order valence-corrected chi connectivity index (χ2v) is 5.44. The van der Waals surface area contributed by atoms with Crippen molar-refractivity contribution >= 4 is 29.6 Å². The molecule has 0 aliphatic carbocycles. The summed E-state index contributed by atoms with van der Waals surface area (Å²) in [6, 6.07) is 6.21. The Balaban J connectivity index is 0.000000159. The van der Waals surface area contributed by atoms with Crippen LogP contribution in [0.4, 0.5) is 0 Å². The first-order valence-corrected chi connectivity index (χ1v) is 7.74. The van der Waals surface area contributed by atoms with Gasteiger partial charge >= 0.3 is 5.97 Å². The predicted octanol–water partition coefficient (Wildman–Crippen LogP) is 1.92. The molecule has 4 rings (SSSR count). The van der Waals surface area contributed by atoms with Crippen LogP contribution in [0.3, 0.4) is 0 Å². The molecule has 0 radical (unpaired) electrons. The Bertz CT molecular complexity index is 1150. The van der Waals surface area contributed by atoms with E-state index >= 15 is 0 Å². The zero-order valence-corrected chi connectivity index (χ0v) is 14.1. The smallest absolute Gasteiger partial charge is 0.308 e. The van der Waals surface area contributed by atoms with E-state index in [0.717, 1.165) is 0 Å². The normalized spacial score (nSPS) is 10.3. The summed E-state index contributed by atoms with van der Waals surface area (Å²) in [4.78, 5) is 31.8. The number of aldehydes is 2. The average molecular weight is 366 g/mol. The highest BCUT2D eigenvalue weighted by molar-refractivity contribution is 5.86. The number of hydrogen-bond acceptors (Lipinski definition) is 7. The van der Waals surface area contributed by atoms with Gasteiger partial charge in [0.15, 0.2) is 12.6 Å². The molecule has 0 aliphatic heterocycles. The molecule has 9 nitrogen and oxygen atoms in total. The van der Waals surface area contributed by atoms with E-state index < -0.39 is 5.97 Å². The number of carbonyl (C=O) groups excluding carboxylic acids is 3. The molecular weight excluding hydrogens is 352 g/mol. The van der Waals surface area contributed by atoms with Gasteiger partial charge in [-0.3, -0.25) is 14.4 Å². The zero-order chi connectivity index (χ0) is 19.4. The van der Waals surface area contributed by atoms with Crippen molar-refractivity contribution < 1.29 is 24.2 Å². The highest BCUT2D eigenvalue weighted by Crippen LogP contribution is 2.17. The molecule has 0 atom stereocenters. The van der Waals surface area contributed by atoms with Crippen LogP contribution in [0.15, 0.2) is 49.1 Å². The molecule has 1 N–H and O–H groups in total. The van der Waals surface area contributed by atoms with E-state index in [9.17, 15) is 14.4 Å². The Morgan fingerprint density at radius 1 is 1.00 bits per heavy atom. The number of nitrogens with zero attached hydrogens (tertiary/aromatic N) is 4. The third-order valence-corrected chi connectivity index (χ3v) is 3.57. The number of esters is 1. The number of ether oxygens (including phenoxy) is 1. The van der Waals surface area contributed by atoms with Crippen molar-refractivity contribution in [3.63, 3.8) is 0 Å². The van der Waals surface area contributed by atoms with Crippen molar-refractivity contribution in [1.82, 2.24) is 19.2 Å². The van der Waals surface area contributed by atoms with Gasteiger partial charge in [-0.1, -0.05) is 0 Å².